The average Bonchev–Trinajstić information content (AvgIpc) is 2.31. The van der Waals surface area contributed by atoms with Gasteiger partial charge < -0.3 is 0 Å². The normalized spacial score (nSPS) is 9.25. The van der Waals surface area contributed by atoms with Gasteiger partial charge in [0.15, 0.2) is 0 Å². The number of benzene rings is 1. The zero-order valence-electron chi connectivity index (χ0n) is 8.97. The lowest BCUT2D eigenvalue weighted by Gasteiger charge is -2.01. The zero-order chi connectivity index (χ0) is 10.5. The van der Waals surface area contributed by atoms with E-state index in [-0.39, 0.29) is 12.4 Å². The average molecular weight is 232 g/mol. The van der Waals surface area contributed by atoms with Crippen LogP contribution in [0, 0.1) is 0 Å². The van der Waals surface area contributed by atoms with Crippen molar-refractivity contribution in [1.29, 1.82) is 0 Å². The summed E-state index contributed by atoms with van der Waals surface area (Å²) in [4.78, 5) is 4.30. The van der Waals surface area contributed by atoms with Crippen molar-refractivity contribution in [1.82, 2.24) is 4.98 Å². The number of hydrogen-bond donors (Lipinski definition) is 0. The first-order valence-corrected chi connectivity index (χ1v) is 5.00. The van der Waals surface area contributed by atoms with Gasteiger partial charge >= 0.3 is 0 Å². The molecule has 2 heteroatoms. The number of pyridine rings is 1. The Morgan fingerprint density at radius 3 is 2.38 bits per heavy atom. The van der Waals surface area contributed by atoms with Crippen LogP contribution in [0.3, 0.4) is 0 Å². The van der Waals surface area contributed by atoms with Crippen molar-refractivity contribution in [2.75, 3.05) is 0 Å². The molecule has 0 radical (unpaired) electrons. The van der Waals surface area contributed by atoms with E-state index < -0.39 is 0 Å². The summed E-state index contributed by atoms with van der Waals surface area (Å²) in [6.07, 6.45) is 4.57. The van der Waals surface area contributed by atoms with Crippen LogP contribution in [0.15, 0.2) is 55.2 Å². The highest BCUT2D eigenvalue weighted by Crippen LogP contribution is 2.09. The van der Waals surface area contributed by atoms with Crippen LogP contribution in [0.4, 0.5) is 0 Å². The highest BCUT2D eigenvalue weighted by molar-refractivity contribution is 5.85. The fourth-order valence-electron chi connectivity index (χ4n) is 1.48. The van der Waals surface area contributed by atoms with Crippen molar-refractivity contribution in [2.45, 2.75) is 6.42 Å². The van der Waals surface area contributed by atoms with Crippen LogP contribution >= 0.6 is 12.4 Å². The van der Waals surface area contributed by atoms with Gasteiger partial charge in [-0.25, -0.2) is 0 Å². The Balaban J connectivity index is 0.00000128. The number of rotatable bonds is 3. The summed E-state index contributed by atoms with van der Waals surface area (Å²) < 4.78 is 0. The predicted molar refractivity (Wildman–Crippen MR) is 70.8 cm³/mol. The molecule has 1 heterocycles. The second-order valence-corrected chi connectivity index (χ2v) is 3.44. The molecule has 0 saturated heterocycles. The number of nitrogens with zero attached hydrogens (tertiary/aromatic N) is 1. The van der Waals surface area contributed by atoms with Crippen molar-refractivity contribution in [2.24, 2.45) is 0 Å². The second kappa shape index (κ2) is 6.09. The van der Waals surface area contributed by atoms with E-state index >= 15 is 0 Å². The molecule has 2 rings (SSSR count). The van der Waals surface area contributed by atoms with Gasteiger partial charge in [0.1, 0.15) is 0 Å². The lowest BCUT2D eigenvalue weighted by atomic mass is 10.1. The summed E-state index contributed by atoms with van der Waals surface area (Å²) in [5, 5.41) is 0. The zero-order valence-corrected chi connectivity index (χ0v) is 9.78. The monoisotopic (exact) mass is 231 g/mol. The lowest BCUT2D eigenvalue weighted by molar-refractivity contribution is 1.07. The third kappa shape index (κ3) is 3.21. The lowest BCUT2D eigenvalue weighted by Crippen LogP contribution is -1.90. The fourth-order valence-corrected chi connectivity index (χ4v) is 1.48. The van der Waals surface area contributed by atoms with Gasteiger partial charge in [0.2, 0.25) is 0 Å². The minimum atomic E-state index is 0. The van der Waals surface area contributed by atoms with Gasteiger partial charge in [-0.2, -0.15) is 0 Å². The minimum absolute atomic E-state index is 0. The molecule has 0 aliphatic carbocycles. The first-order chi connectivity index (χ1) is 7.38. The van der Waals surface area contributed by atoms with E-state index in [1.807, 2.05) is 30.5 Å². The summed E-state index contributed by atoms with van der Waals surface area (Å²) >= 11 is 0. The Morgan fingerprint density at radius 1 is 1.06 bits per heavy atom. The quantitative estimate of drug-likeness (QED) is 0.784. The van der Waals surface area contributed by atoms with Gasteiger partial charge in [-0.1, -0.05) is 43.0 Å². The van der Waals surface area contributed by atoms with E-state index in [9.17, 15) is 0 Å². The molecule has 0 unspecified atom stereocenters. The Morgan fingerprint density at radius 2 is 1.81 bits per heavy atom. The molecule has 0 fully saturated rings. The van der Waals surface area contributed by atoms with Crippen molar-refractivity contribution < 1.29 is 0 Å². The van der Waals surface area contributed by atoms with Gasteiger partial charge in [0.05, 0.1) is 0 Å². The Kier molecular flexibility index (Phi) is 4.74. The fraction of sp³-hybridized carbons (Fsp3) is 0.0714. The third-order valence-electron chi connectivity index (χ3n) is 2.33. The highest BCUT2D eigenvalue weighted by Gasteiger charge is 1.96. The highest BCUT2D eigenvalue weighted by atomic mass is 35.5. The van der Waals surface area contributed by atoms with E-state index in [0.29, 0.717) is 0 Å². The molecule has 1 nitrogen and oxygen atoms in total. The van der Waals surface area contributed by atoms with Gasteiger partial charge in [-0.15, -0.1) is 12.4 Å². The molecule has 0 aliphatic rings. The van der Waals surface area contributed by atoms with Gasteiger partial charge in [-0.3, -0.25) is 4.98 Å². The first kappa shape index (κ1) is 12.5. The largest absolute Gasteiger partial charge is 0.261 e. The number of aromatic nitrogens is 1. The number of halogens is 1. The Labute approximate surface area is 102 Å². The van der Waals surface area contributed by atoms with Gasteiger partial charge in [0.25, 0.3) is 0 Å². The Hall–Kier alpha value is -1.60. The SMILES string of the molecule is C=Cc1ccc(Cc2ccccn2)cc1.Cl. The molecule has 16 heavy (non-hydrogen) atoms. The summed E-state index contributed by atoms with van der Waals surface area (Å²) in [5.74, 6) is 0. The maximum absolute atomic E-state index is 4.30. The summed E-state index contributed by atoms with van der Waals surface area (Å²) in [6.45, 7) is 3.73. The van der Waals surface area contributed by atoms with E-state index in [0.717, 1.165) is 17.7 Å². The smallest absolute Gasteiger partial charge is 0.0447 e. The second-order valence-electron chi connectivity index (χ2n) is 3.44. The molecule has 0 aliphatic heterocycles. The maximum atomic E-state index is 4.30. The van der Waals surface area contributed by atoms with E-state index in [4.69, 9.17) is 0 Å². The molecule has 2 aromatic rings. The van der Waals surface area contributed by atoms with E-state index in [1.54, 1.807) is 0 Å². The standard InChI is InChI=1S/C14H13N.ClH/c1-2-12-6-8-13(9-7-12)11-14-5-3-4-10-15-14;/h2-10H,1,11H2;1H. The molecule has 0 amide bonds. The summed E-state index contributed by atoms with van der Waals surface area (Å²) in [7, 11) is 0. The summed E-state index contributed by atoms with van der Waals surface area (Å²) in [6, 6.07) is 14.4. The van der Waals surface area contributed by atoms with Crippen molar-refractivity contribution in [3.63, 3.8) is 0 Å². The van der Waals surface area contributed by atoms with Crippen LogP contribution in [0.25, 0.3) is 6.08 Å². The van der Waals surface area contributed by atoms with Crippen molar-refractivity contribution >= 4 is 18.5 Å². The van der Waals surface area contributed by atoms with Gasteiger partial charge in [-0.05, 0) is 23.3 Å². The molecular formula is C14H14ClN. The third-order valence-corrected chi connectivity index (χ3v) is 2.33. The van der Waals surface area contributed by atoms with Crippen LogP contribution in [0.5, 0.6) is 0 Å². The molecule has 1 aromatic carbocycles. The molecule has 0 atom stereocenters. The van der Waals surface area contributed by atoms with Crippen LogP contribution in [-0.2, 0) is 6.42 Å². The molecule has 0 N–H and O–H groups in total. The van der Waals surface area contributed by atoms with Gasteiger partial charge in [0, 0.05) is 18.3 Å². The van der Waals surface area contributed by atoms with E-state index in [1.165, 1.54) is 5.56 Å². The predicted octanol–water partition coefficient (Wildman–Crippen LogP) is 3.74. The van der Waals surface area contributed by atoms with E-state index in [2.05, 4.69) is 35.8 Å². The molecule has 0 bridgehead atoms. The first-order valence-electron chi connectivity index (χ1n) is 5.00. The van der Waals surface area contributed by atoms with Crippen molar-refractivity contribution in [3.05, 3.63) is 72.1 Å². The van der Waals surface area contributed by atoms with Crippen LogP contribution in [0.2, 0.25) is 0 Å². The minimum Gasteiger partial charge on any atom is -0.261 e. The molecule has 82 valence electrons. The number of hydrogen-bond acceptors (Lipinski definition) is 1. The van der Waals surface area contributed by atoms with Crippen LogP contribution < -0.4 is 0 Å². The molecule has 0 spiro atoms. The van der Waals surface area contributed by atoms with Crippen LogP contribution in [0.1, 0.15) is 16.8 Å². The summed E-state index contributed by atoms with van der Waals surface area (Å²) in [5.41, 5.74) is 3.53. The molecular weight excluding hydrogens is 218 g/mol. The Bertz CT molecular complexity index is 434. The topological polar surface area (TPSA) is 12.9 Å². The maximum Gasteiger partial charge on any atom is 0.0447 e. The molecule has 1 aromatic heterocycles. The van der Waals surface area contributed by atoms with Crippen LogP contribution in [-0.4, -0.2) is 4.98 Å². The molecule has 0 saturated carbocycles. The van der Waals surface area contributed by atoms with Crippen molar-refractivity contribution in [3.8, 4) is 0 Å².